The van der Waals surface area contributed by atoms with Gasteiger partial charge in [-0.25, -0.2) is 0 Å². The van der Waals surface area contributed by atoms with E-state index in [0.29, 0.717) is 0 Å². The molecule has 0 aliphatic heterocycles. The van der Waals surface area contributed by atoms with Crippen molar-refractivity contribution in [3.05, 3.63) is 41.7 Å². The molecule has 0 spiro atoms. The van der Waals surface area contributed by atoms with E-state index in [9.17, 15) is 0 Å². The summed E-state index contributed by atoms with van der Waals surface area (Å²) in [6.07, 6.45) is 0. The van der Waals surface area contributed by atoms with E-state index in [4.69, 9.17) is 0 Å². The predicted octanol–water partition coefficient (Wildman–Crippen LogP) is 4.67. The van der Waals surface area contributed by atoms with E-state index in [1.807, 2.05) is 0 Å². The molecular formula is C17H24N2. The van der Waals surface area contributed by atoms with Crippen molar-refractivity contribution < 1.29 is 0 Å². The third-order valence-corrected chi connectivity index (χ3v) is 3.29. The first-order valence-corrected chi connectivity index (χ1v) is 6.86. The fourth-order valence-electron chi connectivity index (χ4n) is 2.31. The smallest absolute Gasteiger partial charge is 0.0756 e. The third-order valence-electron chi connectivity index (χ3n) is 3.29. The van der Waals surface area contributed by atoms with Crippen LogP contribution in [0.4, 0.5) is 0 Å². The maximum Gasteiger partial charge on any atom is 0.0756 e. The predicted molar refractivity (Wildman–Crippen MR) is 81.4 cm³/mol. The number of aromatic amines is 1. The monoisotopic (exact) mass is 256 g/mol. The van der Waals surface area contributed by atoms with Gasteiger partial charge in [0, 0.05) is 22.1 Å². The number of nitrogens with one attached hydrogen (secondary N) is 1. The van der Waals surface area contributed by atoms with Crippen LogP contribution >= 0.6 is 0 Å². The van der Waals surface area contributed by atoms with E-state index in [-0.39, 0.29) is 10.8 Å². The van der Waals surface area contributed by atoms with Crippen molar-refractivity contribution in [3.63, 3.8) is 0 Å². The number of benzene rings is 1. The summed E-state index contributed by atoms with van der Waals surface area (Å²) in [5, 5.41) is 7.87. The second-order valence-electron chi connectivity index (χ2n) is 7.19. The van der Waals surface area contributed by atoms with Gasteiger partial charge in [0.15, 0.2) is 0 Å². The molecule has 0 radical (unpaired) electrons. The number of hydrogen-bond acceptors (Lipinski definition) is 1. The maximum absolute atomic E-state index is 4.61. The Bertz CT molecular complexity index is 520. The molecule has 0 saturated carbocycles. The molecule has 0 amide bonds. The number of nitrogens with zero attached hydrogens (tertiary/aromatic N) is 1. The molecule has 2 rings (SSSR count). The van der Waals surface area contributed by atoms with Gasteiger partial charge in [0.25, 0.3) is 0 Å². The van der Waals surface area contributed by atoms with Crippen LogP contribution in [0.1, 0.15) is 52.9 Å². The molecule has 0 saturated heterocycles. The molecule has 0 atom stereocenters. The first kappa shape index (κ1) is 13.9. The summed E-state index contributed by atoms with van der Waals surface area (Å²) in [6, 6.07) is 10.5. The molecule has 1 aromatic carbocycles. The quantitative estimate of drug-likeness (QED) is 0.789. The van der Waals surface area contributed by atoms with Crippen LogP contribution in [0.5, 0.6) is 0 Å². The Hall–Kier alpha value is -1.57. The zero-order valence-electron chi connectivity index (χ0n) is 12.8. The molecule has 2 nitrogen and oxygen atoms in total. The zero-order valence-corrected chi connectivity index (χ0v) is 12.8. The second kappa shape index (κ2) is 4.52. The van der Waals surface area contributed by atoms with Crippen molar-refractivity contribution in [2.75, 3.05) is 0 Å². The molecule has 102 valence electrons. The Morgan fingerprint density at radius 2 is 1.42 bits per heavy atom. The molecule has 0 aliphatic rings. The Balaban J connectivity index is 2.71. The van der Waals surface area contributed by atoms with E-state index in [1.54, 1.807) is 0 Å². The Morgan fingerprint density at radius 3 is 1.89 bits per heavy atom. The fourth-order valence-corrected chi connectivity index (χ4v) is 2.31. The largest absolute Gasteiger partial charge is 0.281 e. The van der Waals surface area contributed by atoms with Crippen LogP contribution in [0.15, 0.2) is 30.3 Å². The van der Waals surface area contributed by atoms with Crippen molar-refractivity contribution in [2.24, 2.45) is 0 Å². The van der Waals surface area contributed by atoms with Crippen LogP contribution < -0.4 is 0 Å². The number of rotatable bonds is 1. The van der Waals surface area contributed by atoms with Crippen molar-refractivity contribution in [2.45, 2.75) is 52.4 Å². The topological polar surface area (TPSA) is 28.7 Å². The van der Waals surface area contributed by atoms with Crippen molar-refractivity contribution in [1.29, 1.82) is 0 Å². The van der Waals surface area contributed by atoms with Gasteiger partial charge in [-0.2, -0.15) is 5.10 Å². The van der Waals surface area contributed by atoms with E-state index in [0.717, 1.165) is 5.69 Å². The SMILES string of the molecule is CC(C)(C)c1n[nH]c(C(C)(C)C)c1-c1ccccc1. The van der Waals surface area contributed by atoms with Crippen LogP contribution in [0.3, 0.4) is 0 Å². The van der Waals surface area contributed by atoms with Crippen LogP contribution in [-0.4, -0.2) is 10.2 Å². The molecule has 0 fully saturated rings. The minimum atomic E-state index is 0.0329. The van der Waals surface area contributed by atoms with Crippen molar-refractivity contribution >= 4 is 0 Å². The first-order valence-electron chi connectivity index (χ1n) is 6.86. The summed E-state index contributed by atoms with van der Waals surface area (Å²) in [5.41, 5.74) is 4.95. The van der Waals surface area contributed by atoms with Gasteiger partial charge in [-0.3, -0.25) is 5.10 Å². The highest BCUT2D eigenvalue weighted by atomic mass is 15.1. The van der Waals surface area contributed by atoms with E-state index in [2.05, 4.69) is 82.1 Å². The zero-order chi connectivity index (χ0) is 14.3. The van der Waals surface area contributed by atoms with Gasteiger partial charge in [-0.05, 0) is 5.56 Å². The molecule has 1 aromatic heterocycles. The van der Waals surface area contributed by atoms with Crippen molar-refractivity contribution in [3.8, 4) is 11.1 Å². The molecule has 2 heteroatoms. The standard InChI is InChI=1S/C17H24N2/c1-16(2,3)14-13(12-10-8-7-9-11-12)15(19-18-14)17(4,5)6/h7-11H,1-6H3,(H,18,19). The highest BCUT2D eigenvalue weighted by Gasteiger charge is 2.29. The Labute approximate surface area is 116 Å². The lowest BCUT2D eigenvalue weighted by atomic mass is 9.81. The van der Waals surface area contributed by atoms with Crippen LogP contribution in [-0.2, 0) is 10.8 Å². The van der Waals surface area contributed by atoms with Gasteiger partial charge >= 0.3 is 0 Å². The number of hydrogen-bond donors (Lipinski definition) is 1. The molecular weight excluding hydrogens is 232 g/mol. The highest BCUT2D eigenvalue weighted by molar-refractivity contribution is 5.70. The van der Waals surface area contributed by atoms with Crippen LogP contribution in [0, 0.1) is 0 Å². The highest BCUT2D eigenvalue weighted by Crippen LogP contribution is 2.38. The lowest BCUT2D eigenvalue weighted by Crippen LogP contribution is -2.16. The molecule has 19 heavy (non-hydrogen) atoms. The van der Waals surface area contributed by atoms with Gasteiger partial charge in [-0.15, -0.1) is 0 Å². The van der Waals surface area contributed by atoms with E-state index >= 15 is 0 Å². The average molecular weight is 256 g/mol. The van der Waals surface area contributed by atoms with E-state index in [1.165, 1.54) is 16.8 Å². The molecule has 1 N–H and O–H groups in total. The molecule has 0 bridgehead atoms. The Kier molecular flexibility index (Phi) is 3.29. The summed E-state index contributed by atoms with van der Waals surface area (Å²) >= 11 is 0. The summed E-state index contributed by atoms with van der Waals surface area (Å²) in [6.45, 7) is 13.3. The van der Waals surface area contributed by atoms with Gasteiger partial charge in [0.05, 0.1) is 5.69 Å². The maximum atomic E-state index is 4.61. The Morgan fingerprint density at radius 1 is 0.842 bits per heavy atom. The van der Waals surface area contributed by atoms with Gasteiger partial charge in [0.2, 0.25) is 0 Å². The molecule has 0 aliphatic carbocycles. The first-order chi connectivity index (χ1) is 8.71. The van der Waals surface area contributed by atoms with Gasteiger partial charge in [0.1, 0.15) is 0 Å². The van der Waals surface area contributed by atoms with Crippen LogP contribution in [0.2, 0.25) is 0 Å². The summed E-state index contributed by atoms with van der Waals surface area (Å²) in [5.74, 6) is 0. The van der Waals surface area contributed by atoms with Crippen LogP contribution in [0.25, 0.3) is 11.1 Å². The molecule has 2 aromatic rings. The number of aromatic nitrogens is 2. The lowest BCUT2D eigenvalue weighted by molar-refractivity contribution is 0.563. The summed E-state index contributed by atoms with van der Waals surface area (Å²) in [4.78, 5) is 0. The second-order valence-corrected chi connectivity index (χ2v) is 7.19. The fraction of sp³-hybridized carbons (Fsp3) is 0.471. The molecule has 1 heterocycles. The van der Waals surface area contributed by atoms with Crippen molar-refractivity contribution in [1.82, 2.24) is 10.2 Å². The molecule has 0 unspecified atom stereocenters. The van der Waals surface area contributed by atoms with E-state index < -0.39 is 0 Å². The van der Waals surface area contributed by atoms with Gasteiger partial charge in [-0.1, -0.05) is 71.9 Å². The third kappa shape index (κ3) is 2.73. The minimum absolute atomic E-state index is 0.0329. The minimum Gasteiger partial charge on any atom is -0.281 e. The average Bonchev–Trinajstić information content (AvgIpc) is 2.73. The number of H-pyrrole nitrogens is 1. The summed E-state index contributed by atoms with van der Waals surface area (Å²) in [7, 11) is 0. The lowest BCUT2D eigenvalue weighted by Gasteiger charge is -2.22. The summed E-state index contributed by atoms with van der Waals surface area (Å²) < 4.78 is 0. The normalized spacial score (nSPS) is 12.7. The van der Waals surface area contributed by atoms with Gasteiger partial charge < -0.3 is 0 Å².